The van der Waals surface area contributed by atoms with E-state index in [9.17, 15) is 23.1 Å². The highest BCUT2D eigenvalue weighted by Crippen LogP contribution is 2.34. The SMILES string of the molecule is O=C(O)c1oc(N2CCCC(O)C2)nc1C(F)(F)F. The van der Waals surface area contributed by atoms with E-state index in [0.717, 1.165) is 0 Å². The van der Waals surface area contributed by atoms with Crippen LogP contribution < -0.4 is 4.90 Å². The number of anilines is 1. The second-order valence-electron chi connectivity index (χ2n) is 4.22. The van der Waals surface area contributed by atoms with Crippen LogP contribution in [-0.2, 0) is 6.18 Å². The van der Waals surface area contributed by atoms with Crippen LogP contribution in [0.15, 0.2) is 4.42 Å². The maximum atomic E-state index is 12.6. The van der Waals surface area contributed by atoms with E-state index in [-0.39, 0.29) is 6.54 Å². The van der Waals surface area contributed by atoms with Crippen LogP contribution in [0, 0.1) is 0 Å². The van der Waals surface area contributed by atoms with Crippen LogP contribution in [0.5, 0.6) is 0 Å². The minimum Gasteiger partial charge on any atom is -0.475 e. The summed E-state index contributed by atoms with van der Waals surface area (Å²) < 4.78 is 42.5. The first-order valence-corrected chi connectivity index (χ1v) is 5.53. The number of aliphatic hydroxyl groups is 1. The van der Waals surface area contributed by atoms with Crippen molar-refractivity contribution in [2.45, 2.75) is 25.1 Å². The van der Waals surface area contributed by atoms with Crippen molar-refractivity contribution >= 4 is 12.0 Å². The van der Waals surface area contributed by atoms with Crippen LogP contribution in [0.2, 0.25) is 0 Å². The molecule has 0 aromatic carbocycles. The number of hydrogen-bond donors (Lipinski definition) is 2. The second kappa shape index (κ2) is 4.72. The molecule has 0 radical (unpaired) electrons. The Morgan fingerprint density at radius 1 is 1.47 bits per heavy atom. The number of aromatic nitrogens is 1. The van der Waals surface area contributed by atoms with E-state index in [0.29, 0.717) is 19.4 Å². The molecule has 1 aromatic rings. The molecule has 1 fully saturated rings. The Labute approximate surface area is 105 Å². The number of carboxylic acid groups (broad SMARTS) is 1. The Balaban J connectivity index is 2.35. The van der Waals surface area contributed by atoms with Crippen LogP contribution in [-0.4, -0.2) is 40.4 Å². The Bertz CT molecular complexity index is 486. The van der Waals surface area contributed by atoms with Crippen molar-refractivity contribution in [2.24, 2.45) is 0 Å². The monoisotopic (exact) mass is 280 g/mol. The van der Waals surface area contributed by atoms with Gasteiger partial charge >= 0.3 is 12.1 Å². The van der Waals surface area contributed by atoms with E-state index in [1.54, 1.807) is 0 Å². The average Bonchev–Trinajstić information content (AvgIpc) is 2.73. The zero-order valence-corrected chi connectivity index (χ0v) is 9.65. The lowest BCUT2D eigenvalue weighted by Gasteiger charge is -2.28. The molecule has 0 aliphatic carbocycles. The minimum atomic E-state index is -4.90. The number of aliphatic hydroxyl groups excluding tert-OH is 1. The normalized spacial score (nSPS) is 20.6. The quantitative estimate of drug-likeness (QED) is 0.850. The Morgan fingerprint density at radius 3 is 2.63 bits per heavy atom. The minimum absolute atomic E-state index is 0.0663. The number of nitrogens with zero attached hydrogens (tertiary/aromatic N) is 2. The number of oxazole rings is 1. The van der Waals surface area contributed by atoms with Gasteiger partial charge in [0.15, 0.2) is 5.69 Å². The third-order valence-corrected chi connectivity index (χ3v) is 2.75. The van der Waals surface area contributed by atoms with Crippen molar-refractivity contribution in [3.8, 4) is 0 Å². The molecule has 1 aromatic heterocycles. The summed E-state index contributed by atoms with van der Waals surface area (Å²) in [5.74, 6) is -3.06. The summed E-state index contributed by atoms with van der Waals surface area (Å²) in [4.78, 5) is 15.2. The van der Waals surface area contributed by atoms with Crippen molar-refractivity contribution in [1.29, 1.82) is 0 Å². The molecule has 1 unspecified atom stereocenters. The number of piperidine rings is 1. The van der Waals surface area contributed by atoms with E-state index >= 15 is 0 Å². The lowest BCUT2D eigenvalue weighted by Crippen LogP contribution is -2.38. The Kier molecular flexibility index (Phi) is 3.40. The van der Waals surface area contributed by atoms with Crippen molar-refractivity contribution in [1.82, 2.24) is 4.98 Å². The van der Waals surface area contributed by atoms with Crippen LogP contribution in [0.3, 0.4) is 0 Å². The van der Waals surface area contributed by atoms with Gasteiger partial charge in [0.25, 0.3) is 6.01 Å². The van der Waals surface area contributed by atoms with E-state index in [2.05, 4.69) is 9.40 Å². The fourth-order valence-corrected chi connectivity index (χ4v) is 1.91. The zero-order chi connectivity index (χ0) is 14.2. The first kappa shape index (κ1) is 13.7. The number of carbonyl (C=O) groups is 1. The van der Waals surface area contributed by atoms with E-state index in [1.165, 1.54) is 4.90 Å². The summed E-state index contributed by atoms with van der Waals surface area (Å²) in [5.41, 5.74) is -1.56. The third kappa shape index (κ3) is 2.80. The summed E-state index contributed by atoms with van der Waals surface area (Å²) in [6.07, 6.45) is -4.49. The molecule has 0 saturated carbocycles. The highest BCUT2D eigenvalue weighted by molar-refractivity contribution is 5.86. The highest BCUT2D eigenvalue weighted by atomic mass is 19.4. The topological polar surface area (TPSA) is 86.8 Å². The second-order valence-corrected chi connectivity index (χ2v) is 4.22. The van der Waals surface area contributed by atoms with E-state index in [1.807, 2.05) is 0 Å². The molecule has 19 heavy (non-hydrogen) atoms. The van der Waals surface area contributed by atoms with Crippen molar-refractivity contribution in [3.05, 3.63) is 11.5 Å². The van der Waals surface area contributed by atoms with Gasteiger partial charge in [0.05, 0.1) is 6.10 Å². The Morgan fingerprint density at radius 2 is 2.16 bits per heavy atom. The van der Waals surface area contributed by atoms with Crippen LogP contribution in [0.4, 0.5) is 19.2 Å². The van der Waals surface area contributed by atoms with Gasteiger partial charge in [-0.3, -0.25) is 0 Å². The molecule has 9 heteroatoms. The maximum Gasteiger partial charge on any atom is 0.437 e. The van der Waals surface area contributed by atoms with Crippen molar-refractivity contribution < 1.29 is 32.6 Å². The van der Waals surface area contributed by atoms with Gasteiger partial charge in [0.2, 0.25) is 5.76 Å². The first-order chi connectivity index (χ1) is 8.79. The first-order valence-electron chi connectivity index (χ1n) is 5.53. The number of halogens is 3. The molecule has 6 nitrogen and oxygen atoms in total. The number of β-amino-alcohol motifs (C(OH)–C–C–N with tert-alkyl or cyclic N) is 1. The molecule has 0 amide bonds. The van der Waals surface area contributed by atoms with Gasteiger partial charge in [0.1, 0.15) is 0 Å². The number of carboxylic acids is 1. The van der Waals surface area contributed by atoms with Gasteiger partial charge < -0.3 is 19.5 Å². The molecule has 1 aliphatic rings. The maximum absolute atomic E-state index is 12.6. The van der Waals surface area contributed by atoms with Gasteiger partial charge in [-0.25, -0.2) is 4.79 Å². The van der Waals surface area contributed by atoms with Gasteiger partial charge in [0, 0.05) is 13.1 Å². The third-order valence-electron chi connectivity index (χ3n) is 2.75. The molecule has 0 bridgehead atoms. The Hall–Kier alpha value is -1.77. The fourth-order valence-electron chi connectivity index (χ4n) is 1.91. The van der Waals surface area contributed by atoms with E-state index < -0.39 is 35.7 Å². The van der Waals surface area contributed by atoms with Gasteiger partial charge in [-0.1, -0.05) is 0 Å². The molecule has 1 aliphatic heterocycles. The van der Waals surface area contributed by atoms with Gasteiger partial charge in [-0.05, 0) is 12.8 Å². The predicted octanol–water partition coefficient (Wildman–Crippen LogP) is 1.35. The fraction of sp³-hybridized carbons (Fsp3) is 0.600. The molecular formula is C10H11F3N2O4. The van der Waals surface area contributed by atoms with Gasteiger partial charge in [-0.15, -0.1) is 0 Å². The van der Waals surface area contributed by atoms with Gasteiger partial charge in [-0.2, -0.15) is 18.2 Å². The van der Waals surface area contributed by atoms with E-state index in [4.69, 9.17) is 5.11 Å². The lowest BCUT2D eigenvalue weighted by atomic mass is 10.1. The number of hydrogen-bond acceptors (Lipinski definition) is 5. The summed E-state index contributed by atoms with van der Waals surface area (Å²) in [5, 5.41) is 18.1. The average molecular weight is 280 g/mol. The van der Waals surface area contributed by atoms with Crippen LogP contribution in [0.1, 0.15) is 29.1 Å². The number of alkyl halides is 3. The molecule has 106 valence electrons. The number of rotatable bonds is 2. The summed E-state index contributed by atoms with van der Waals surface area (Å²) in [6.45, 7) is 0.421. The smallest absolute Gasteiger partial charge is 0.437 e. The van der Waals surface area contributed by atoms with Crippen LogP contribution in [0.25, 0.3) is 0 Å². The predicted molar refractivity (Wildman–Crippen MR) is 55.9 cm³/mol. The summed E-state index contributed by atoms with van der Waals surface area (Å²) >= 11 is 0. The molecule has 1 saturated heterocycles. The lowest BCUT2D eigenvalue weighted by molar-refractivity contribution is -0.141. The summed E-state index contributed by atoms with van der Waals surface area (Å²) in [7, 11) is 0. The standard InChI is InChI=1S/C10H11F3N2O4/c11-10(12,13)7-6(8(17)18)19-9(14-7)15-3-1-2-5(16)4-15/h5,16H,1-4H2,(H,17,18). The molecule has 2 rings (SSSR count). The highest BCUT2D eigenvalue weighted by Gasteiger charge is 2.42. The van der Waals surface area contributed by atoms with Crippen molar-refractivity contribution in [3.63, 3.8) is 0 Å². The number of aromatic carboxylic acids is 1. The molecule has 2 heterocycles. The molecular weight excluding hydrogens is 269 g/mol. The van der Waals surface area contributed by atoms with Crippen molar-refractivity contribution in [2.75, 3.05) is 18.0 Å². The molecule has 1 atom stereocenters. The molecule has 0 spiro atoms. The molecule has 2 N–H and O–H groups in total. The zero-order valence-electron chi connectivity index (χ0n) is 9.65. The van der Waals surface area contributed by atoms with Crippen LogP contribution >= 0.6 is 0 Å². The summed E-state index contributed by atoms with van der Waals surface area (Å²) in [6, 6.07) is -0.427. The largest absolute Gasteiger partial charge is 0.475 e.